The van der Waals surface area contributed by atoms with Gasteiger partial charge in [0.1, 0.15) is 5.75 Å². The van der Waals surface area contributed by atoms with Crippen LogP contribution in [0.3, 0.4) is 0 Å². The first-order valence-corrected chi connectivity index (χ1v) is 10.9. The molecule has 156 valence electrons. The molecule has 1 unspecified atom stereocenters. The second kappa shape index (κ2) is 10.2. The van der Waals surface area contributed by atoms with Crippen molar-refractivity contribution in [1.29, 1.82) is 0 Å². The van der Waals surface area contributed by atoms with Crippen LogP contribution in [0, 0.1) is 0 Å². The molecule has 0 aliphatic heterocycles. The number of benzene rings is 2. The van der Waals surface area contributed by atoms with Crippen LogP contribution < -0.4 is 10.1 Å². The molecule has 0 saturated heterocycles. The molecule has 1 amide bonds. The van der Waals surface area contributed by atoms with E-state index < -0.39 is 10.0 Å². The first kappa shape index (κ1) is 22.6. The molecule has 0 heterocycles. The zero-order chi connectivity index (χ0) is 21.4. The fourth-order valence-electron chi connectivity index (χ4n) is 2.66. The van der Waals surface area contributed by atoms with E-state index in [9.17, 15) is 13.2 Å². The smallest absolute Gasteiger partial charge is 0.251 e. The molecule has 2 rings (SSSR count). The summed E-state index contributed by atoms with van der Waals surface area (Å²) in [6.07, 6.45) is 2.40. The number of sulfonamides is 1. The van der Waals surface area contributed by atoms with Gasteiger partial charge in [-0.15, -0.1) is 6.58 Å². The lowest BCUT2D eigenvalue weighted by molar-refractivity contribution is 0.0939. The van der Waals surface area contributed by atoms with Crippen molar-refractivity contribution < 1.29 is 17.9 Å². The van der Waals surface area contributed by atoms with Gasteiger partial charge in [-0.25, -0.2) is 8.42 Å². The molecular formula is C22H28N2O4S. The van der Waals surface area contributed by atoms with Crippen LogP contribution >= 0.6 is 0 Å². The molecule has 0 spiro atoms. The molecule has 1 atom stereocenters. The molecule has 29 heavy (non-hydrogen) atoms. The average Bonchev–Trinajstić information content (AvgIpc) is 2.73. The number of nitrogens with one attached hydrogen (secondary N) is 1. The van der Waals surface area contributed by atoms with E-state index in [1.165, 1.54) is 23.5 Å². The van der Waals surface area contributed by atoms with Crippen LogP contribution in [-0.4, -0.2) is 38.3 Å². The number of methoxy groups -OCH3 is 1. The topological polar surface area (TPSA) is 75.7 Å². The Kier molecular flexibility index (Phi) is 7.99. The summed E-state index contributed by atoms with van der Waals surface area (Å²) in [6, 6.07) is 13.3. The largest absolute Gasteiger partial charge is 0.497 e. The zero-order valence-electron chi connectivity index (χ0n) is 17.1. The highest BCUT2D eigenvalue weighted by Crippen LogP contribution is 2.21. The van der Waals surface area contributed by atoms with Crippen molar-refractivity contribution in [2.75, 3.05) is 13.7 Å². The van der Waals surface area contributed by atoms with Crippen molar-refractivity contribution in [3.05, 3.63) is 72.3 Å². The van der Waals surface area contributed by atoms with Gasteiger partial charge in [0.2, 0.25) is 10.0 Å². The van der Waals surface area contributed by atoms with Crippen molar-refractivity contribution in [2.45, 2.75) is 37.8 Å². The van der Waals surface area contributed by atoms with Crippen LogP contribution in [0.4, 0.5) is 0 Å². The minimum Gasteiger partial charge on any atom is -0.497 e. The molecule has 0 bridgehead atoms. The predicted molar refractivity (Wildman–Crippen MR) is 114 cm³/mol. The summed E-state index contributed by atoms with van der Waals surface area (Å²) in [4.78, 5) is 12.4. The van der Waals surface area contributed by atoms with Gasteiger partial charge >= 0.3 is 0 Å². The first-order valence-electron chi connectivity index (χ1n) is 9.46. The van der Waals surface area contributed by atoms with Gasteiger partial charge in [0, 0.05) is 24.7 Å². The van der Waals surface area contributed by atoms with Gasteiger partial charge < -0.3 is 10.1 Å². The normalized spacial score (nSPS) is 12.4. The number of nitrogens with zero attached hydrogens (tertiary/aromatic N) is 1. The monoisotopic (exact) mass is 416 g/mol. The van der Waals surface area contributed by atoms with E-state index in [0.717, 1.165) is 12.0 Å². The molecule has 2 aromatic carbocycles. The number of ether oxygens (including phenoxy) is 1. The predicted octanol–water partition coefficient (Wildman–Crippen LogP) is 3.60. The molecule has 0 fully saturated rings. The second-order valence-corrected chi connectivity index (χ2v) is 8.68. The van der Waals surface area contributed by atoms with Gasteiger partial charge in [0.05, 0.1) is 12.0 Å². The third-order valence-electron chi connectivity index (χ3n) is 4.59. The van der Waals surface area contributed by atoms with Crippen molar-refractivity contribution in [1.82, 2.24) is 9.62 Å². The Hall–Kier alpha value is -2.64. The van der Waals surface area contributed by atoms with Crippen molar-refractivity contribution in [3.63, 3.8) is 0 Å². The maximum absolute atomic E-state index is 13.0. The molecular weight excluding hydrogens is 388 g/mol. The summed E-state index contributed by atoms with van der Waals surface area (Å²) in [6.45, 7) is 7.97. The minimum absolute atomic E-state index is 0.0971. The van der Waals surface area contributed by atoms with Gasteiger partial charge in [-0.2, -0.15) is 4.31 Å². The molecule has 7 heteroatoms. The third kappa shape index (κ3) is 5.92. The summed E-state index contributed by atoms with van der Waals surface area (Å²) in [7, 11) is -2.18. The number of hydrogen-bond donors (Lipinski definition) is 1. The van der Waals surface area contributed by atoms with Gasteiger partial charge in [-0.3, -0.25) is 4.79 Å². The standard InChI is InChI=1S/C22H28N2O4S/c1-5-15-24(29(26,27)21-13-11-20(28-4)12-14-21)16-18-7-9-19(10-8-18)22(25)23-17(3)6-2/h5,7-14,17H,1,6,15-16H2,2-4H3,(H,23,25). The summed E-state index contributed by atoms with van der Waals surface area (Å²) in [5.41, 5.74) is 1.33. The van der Waals surface area contributed by atoms with E-state index in [4.69, 9.17) is 4.74 Å². The molecule has 1 N–H and O–H groups in total. The highest BCUT2D eigenvalue weighted by Gasteiger charge is 2.24. The molecule has 0 aliphatic rings. The third-order valence-corrected chi connectivity index (χ3v) is 6.42. The van der Waals surface area contributed by atoms with Crippen LogP contribution in [0.5, 0.6) is 5.75 Å². The van der Waals surface area contributed by atoms with Gasteiger partial charge in [0.15, 0.2) is 0 Å². The maximum atomic E-state index is 13.0. The lowest BCUT2D eigenvalue weighted by atomic mass is 10.1. The minimum atomic E-state index is -3.70. The van der Waals surface area contributed by atoms with E-state index >= 15 is 0 Å². The molecule has 6 nitrogen and oxygen atoms in total. The summed E-state index contributed by atoms with van der Waals surface area (Å²) in [5.74, 6) is 0.449. The molecule has 2 aromatic rings. The van der Waals surface area contributed by atoms with Crippen LogP contribution in [-0.2, 0) is 16.6 Å². The van der Waals surface area contributed by atoms with Gasteiger partial charge in [0.25, 0.3) is 5.91 Å². The van der Waals surface area contributed by atoms with Crippen LogP contribution in [0.15, 0.2) is 66.1 Å². The van der Waals surface area contributed by atoms with E-state index in [0.29, 0.717) is 11.3 Å². The van der Waals surface area contributed by atoms with Crippen LogP contribution in [0.2, 0.25) is 0 Å². The fraction of sp³-hybridized carbons (Fsp3) is 0.318. The lowest BCUT2D eigenvalue weighted by Gasteiger charge is -2.21. The number of rotatable bonds is 10. The van der Waals surface area contributed by atoms with Crippen molar-refractivity contribution >= 4 is 15.9 Å². The van der Waals surface area contributed by atoms with Gasteiger partial charge in [-0.05, 0) is 55.3 Å². The Bertz CT molecular complexity index is 922. The zero-order valence-corrected chi connectivity index (χ0v) is 17.9. The first-order chi connectivity index (χ1) is 13.8. The Morgan fingerprint density at radius 1 is 1.17 bits per heavy atom. The highest BCUT2D eigenvalue weighted by molar-refractivity contribution is 7.89. The maximum Gasteiger partial charge on any atom is 0.251 e. The Labute approximate surface area is 173 Å². The van der Waals surface area contributed by atoms with Gasteiger partial charge in [-0.1, -0.05) is 25.1 Å². The SMILES string of the molecule is C=CCN(Cc1ccc(C(=O)NC(C)CC)cc1)S(=O)(=O)c1ccc(OC)cc1. The van der Waals surface area contributed by atoms with E-state index in [1.807, 2.05) is 13.8 Å². The van der Waals surface area contributed by atoms with Crippen LogP contribution in [0.25, 0.3) is 0 Å². The van der Waals surface area contributed by atoms with E-state index in [1.54, 1.807) is 42.5 Å². The number of hydrogen-bond acceptors (Lipinski definition) is 4. The average molecular weight is 417 g/mol. The number of carbonyl (C=O) groups is 1. The second-order valence-electron chi connectivity index (χ2n) is 6.74. The quantitative estimate of drug-likeness (QED) is 0.601. The van der Waals surface area contributed by atoms with E-state index in [2.05, 4.69) is 11.9 Å². The number of amides is 1. The van der Waals surface area contributed by atoms with Crippen molar-refractivity contribution in [2.24, 2.45) is 0 Å². The molecule has 0 aliphatic carbocycles. The highest BCUT2D eigenvalue weighted by atomic mass is 32.2. The Morgan fingerprint density at radius 3 is 2.31 bits per heavy atom. The van der Waals surface area contributed by atoms with Crippen LogP contribution in [0.1, 0.15) is 36.2 Å². The van der Waals surface area contributed by atoms with Crippen molar-refractivity contribution in [3.8, 4) is 5.75 Å². The Balaban J connectivity index is 2.19. The molecule has 0 saturated carbocycles. The fourth-order valence-corrected chi connectivity index (χ4v) is 4.06. The summed E-state index contributed by atoms with van der Waals surface area (Å²) < 4.78 is 32.5. The lowest BCUT2D eigenvalue weighted by Crippen LogP contribution is -2.32. The summed E-state index contributed by atoms with van der Waals surface area (Å²) in [5, 5.41) is 2.91. The molecule has 0 aromatic heterocycles. The summed E-state index contributed by atoms with van der Waals surface area (Å²) >= 11 is 0. The van der Waals surface area contributed by atoms with E-state index in [-0.39, 0.29) is 29.9 Å². The molecule has 0 radical (unpaired) electrons. The number of carbonyl (C=O) groups excluding carboxylic acids is 1. The Morgan fingerprint density at radius 2 is 1.79 bits per heavy atom.